The first-order chi connectivity index (χ1) is 13.1. The van der Waals surface area contributed by atoms with Gasteiger partial charge in [0, 0.05) is 12.2 Å². The Labute approximate surface area is 170 Å². The molecule has 1 aliphatic rings. The molecule has 1 fully saturated rings. The van der Waals surface area contributed by atoms with Crippen LogP contribution in [0.4, 0.5) is 13.2 Å². The van der Waals surface area contributed by atoms with Crippen molar-refractivity contribution in [3.63, 3.8) is 0 Å². The molecule has 0 saturated heterocycles. The summed E-state index contributed by atoms with van der Waals surface area (Å²) in [6.07, 6.45) is -0.468. The number of pyridine rings is 1. The summed E-state index contributed by atoms with van der Waals surface area (Å²) in [4.78, 5) is 12.6. The largest absolute Gasteiger partial charge is 0.417 e. The van der Waals surface area contributed by atoms with E-state index >= 15 is 0 Å². The van der Waals surface area contributed by atoms with E-state index in [4.69, 9.17) is 11.6 Å². The number of nitrogens with zero attached hydrogens (tertiary/aromatic N) is 3. The van der Waals surface area contributed by atoms with Gasteiger partial charge in [-0.05, 0) is 31.2 Å². The molecule has 3 rings (SSSR count). The van der Waals surface area contributed by atoms with Gasteiger partial charge in [0.05, 0.1) is 15.8 Å². The summed E-state index contributed by atoms with van der Waals surface area (Å²) < 4.78 is 40.4. The van der Waals surface area contributed by atoms with Crippen LogP contribution < -0.4 is 5.32 Å². The van der Waals surface area contributed by atoms with Gasteiger partial charge in [-0.15, -0.1) is 10.2 Å². The first-order valence-corrected chi connectivity index (χ1v) is 10.4. The van der Waals surface area contributed by atoms with Gasteiger partial charge in [0.1, 0.15) is 0 Å². The minimum atomic E-state index is -4.54. The first-order valence-electron chi connectivity index (χ1n) is 9.16. The normalized spacial score (nSPS) is 24.3. The Morgan fingerprint density at radius 1 is 1.36 bits per heavy atom. The van der Waals surface area contributed by atoms with Gasteiger partial charge in [-0.25, -0.2) is 0 Å². The Morgan fingerprint density at radius 2 is 2.07 bits per heavy atom. The van der Waals surface area contributed by atoms with E-state index in [1.165, 1.54) is 4.40 Å². The van der Waals surface area contributed by atoms with E-state index in [1.54, 1.807) is 6.92 Å². The molecule has 154 valence electrons. The van der Waals surface area contributed by atoms with Crippen LogP contribution in [0.2, 0.25) is 5.02 Å². The molecule has 0 unspecified atom stereocenters. The monoisotopic (exact) mass is 434 g/mol. The van der Waals surface area contributed by atoms with Crippen molar-refractivity contribution in [1.82, 2.24) is 19.9 Å². The van der Waals surface area contributed by atoms with Gasteiger partial charge in [0.15, 0.2) is 10.8 Å². The lowest BCUT2D eigenvalue weighted by molar-refractivity contribution is -0.137. The number of alkyl halides is 3. The first kappa shape index (κ1) is 21.2. The number of halogens is 4. The molecule has 1 aliphatic carbocycles. The van der Waals surface area contributed by atoms with Gasteiger partial charge in [0.2, 0.25) is 5.91 Å². The molecule has 28 heavy (non-hydrogen) atoms. The topological polar surface area (TPSA) is 59.3 Å². The third-order valence-corrected chi connectivity index (χ3v) is 6.78. The second kappa shape index (κ2) is 8.10. The highest BCUT2D eigenvalue weighted by Crippen LogP contribution is 2.34. The van der Waals surface area contributed by atoms with Gasteiger partial charge in [0.25, 0.3) is 0 Å². The van der Waals surface area contributed by atoms with Crippen molar-refractivity contribution < 1.29 is 18.0 Å². The molecule has 2 aromatic rings. The molecule has 0 spiro atoms. The molecule has 4 atom stereocenters. The molecule has 0 aliphatic heterocycles. The molecule has 1 N–H and O–H groups in total. The van der Waals surface area contributed by atoms with Crippen molar-refractivity contribution in [3.8, 4) is 0 Å². The summed E-state index contributed by atoms with van der Waals surface area (Å²) >= 11 is 6.99. The maximum atomic E-state index is 13.1. The van der Waals surface area contributed by atoms with Crippen molar-refractivity contribution in [2.45, 2.75) is 62.7 Å². The molecule has 2 heterocycles. The van der Waals surface area contributed by atoms with Gasteiger partial charge in [-0.3, -0.25) is 9.20 Å². The van der Waals surface area contributed by atoms with Crippen LogP contribution in [-0.2, 0) is 11.0 Å². The highest BCUT2D eigenvalue weighted by Gasteiger charge is 2.33. The van der Waals surface area contributed by atoms with Gasteiger partial charge >= 0.3 is 6.18 Å². The number of hydrogen-bond acceptors (Lipinski definition) is 4. The fourth-order valence-corrected chi connectivity index (χ4v) is 4.54. The zero-order valence-corrected chi connectivity index (χ0v) is 17.3. The highest BCUT2D eigenvalue weighted by molar-refractivity contribution is 8.00. The van der Waals surface area contributed by atoms with Crippen molar-refractivity contribution in [1.29, 1.82) is 0 Å². The maximum Gasteiger partial charge on any atom is 0.417 e. The summed E-state index contributed by atoms with van der Waals surface area (Å²) in [5.74, 6) is 0.771. The Balaban J connectivity index is 1.76. The Hall–Kier alpha value is -1.48. The zero-order chi connectivity index (χ0) is 20.6. The standard InChI is InChI=1S/C18H22ClF3N4OS/c1-9-5-4-6-14(10(9)2)23-16(27)11(3)28-17-25-24-15-13(19)7-12(8-26(15)17)18(20,21)22/h7-11,14H,4-6H2,1-3H3,(H,23,27)/t9-,10+,11+,14+/m1/s1. The quantitative estimate of drug-likeness (QED) is 0.700. The molecule has 2 aromatic heterocycles. The molecule has 0 aromatic carbocycles. The lowest BCUT2D eigenvalue weighted by Crippen LogP contribution is -2.46. The van der Waals surface area contributed by atoms with E-state index in [0.29, 0.717) is 11.8 Å². The van der Waals surface area contributed by atoms with Crippen LogP contribution in [-0.4, -0.2) is 31.8 Å². The molecular formula is C18H22ClF3N4OS. The van der Waals surface area contributed by atoms with Crippen LogP contribution in [0.3, 0.4) is 0 Å². The molecule has 1 saturated carbocycles. The number of aromatic nitrogens is 3. The molecule has 0 bridgehead atoms. The summed E-state index contributed by atoms with van der Waals surface area (Å²) in [5.41, 5.74) is -0.770. The smallest absolute Gasteiger partial charge is 0.352 e. The lowest BCUT2D eigenvalue weighted by Gasteiger charge is -2.35. The van der Waals surface area contributed by atoms with E-state index in [1.807, 2.05) is 0 Å². The van der Waals surface area contributed by atoms with Crippen LogP contribution in [0.1, 0.15) is 45.6 Å². The predicted molar refractivity (Wildman–Crippen MR) is 102 cm³/mol. The number of carbonyl (C=O) groups excluding carboxylic acids is 1. The van der Waals surface area contributed by atoms with Crippen LogP contribution in [0.25, 0.3) is 5.65 Å². The average Bonchev–Trinajstić information content (AvgIpc) is 3.01. The summed E-state index contributed by atoms with van der Waals surface area (Å²) in [6, 6.07) is 0.933. The third kappa shape index (κ3) is 4.40. The third-order valence-electron chi connectivity index (χ3n) is 5.44. The number of nitrogens with one attached hydrogen (secondary N) is 1. The van der Waals surface area contributed by atoms with E-state index in [9.17, 15) is 18.0 Å². The predicted octanol–water partition coefficient (Wildman–Crippen LogP) is 4.82. The summed E-state index contributed by atoms with van der Waals surface area (Å²) in [6.45, 7) is 6.03. The van der Waals surface area contributed by atoms with Crippen molar-refractivity contribution in [3.05, 3.63) is 22.8 Å². The molecule has 0 radical (unpaired) electrons. The second-order valence-corrected chi connectivity index (χ2v) is 9.11. The Bertz CT molecular complexity index is 872. The average molecular weight is 435 g/mol. The Morgan fingerprint density at radius 3 is 2.75 bits per heavy atom. The fraction of sp³-hybridized carbons (Fsp3) is 0.611. The summed E-state index contributed by atoms with van der Waals surface area (Å²) in [5, 5.41) is 10.4. The number of fused-ring (bicyclic) bond motifs is 1. The van der Waals surface area contributed by atoms with Gasteiger partial charge in [-0.2, -0.15) is 13.2 Å². The number of thioether (sulfide) groups is 1. The Kier molecular flexibility index (Phi) is 6.14. The number of hydrogen-bond donors (Lipinski definition) is 1. The number of amides is 1. The van der Waals surface area contributed by atoms with Gasteiger partial charge < -0.3 is 5.32 Å². The number of carbonyl (C=O) groups is 1. The SMILES string of the molecule is C[C@H]1[C@H](C)CCC[C@@H]1NC(=O)[C@H](C)Sc1nnc2c(Cl)cc(C(F)(F)F)cn12. The minimum Gasteiger partial charge on any atom is -0.352 e. The van der Waals surface area contributed by atoms with E-state index in [2.05, 4.69) is 29.4 Å². The van der Waals surface area contributed by atoms with E-state index in [-0.39, 0.29) is 27.8 Å². The molecule has 5 nitrogen and oxygen atoms in total. The second-order valence-electron chi connectivity index (χ2n) is 7.39. The van der Waals surface area contributed by atoms with Crippen molar-refractivity contribution >= 4 is 34.9 Å². The van der Waals surface area contributed by atoms with Gasteiger partial charge in [-0.1, -0.05) is 50.1 Å². The number of rotatable bonds is 4. The lowest BCUT2D eigenvalue weighted by atomic mass is 9.78. The summed E-state index contributed by atoms with van der Waals surface area (Å²) in [7, 11) is 0. The molecule has 1 amide bonds. The van der Waals surface area contributed by atoms with Crippen molar-refractivity contribution in [2.75, 3.05) is 0 Å². The van der Waals surface area contributed by atoms with E-state index in [0.717, 1.165) is 43.3 Å². The molecule has 10 heteroatoms. The zero-order valence-electron chi connectivity index (χ0n) is 15.8. The van der Waals surface area contributed by atoms with E-state index < -0.39 is 17.0 Å². The van der Waals surface area contributed by atoms with Crippen LogP contribution in [0.5, 0.6) is 0 Å². The van der Waals surface area contributed by atoms with Crippen LogP contribution >= 0.6 is 23.4 Å². The molecular weight excluding hydrogens is 413 g/mol. The van der Waals surface area contributed by atoms with Crippen LogP contribution in [0.15, 0.2) is 17.4 Å². The minimum absolute atomic E-state index is 0.112. The van der Waals surface area contributed by atoms with Crippen LogP contribution in [0, 0.1) is 11.8 Å². The maximum absolute atomic E-state index is 13.1. The highest BCUT2D eigenvalue weighted by atomic mass is 35.5. The fourth-order valence-electron chi connectivity index (χ4n) is 3.47. The van der Waals surface area contributed by atoms with Crippen molar-refractivity contribution in [2.24, 2.45) is 11.8 Å².